The van der Waals surface area contributed by atoms with Gasteiger partial charge in [-0.05, 0) is 18.3 Å². The predicted molar refractivity (Wildman–Crippen MR) is 68.7 cm³/mol. The van der Waals surface area contributed by atoms with Crippen molar-refractivity contribution in [3.63, 3.8) is 0 Å². The number of carbonyl (C=O) groups is 2. The van der Waals surface area contributed by atoms with Crippen LogP contribution in [0.3, 0.4) is 0 Å². The van der Waals surface area contributed by atoms with Crippen molar-refractivity contribution < 1.29 is 14.3 Å². The third kappa shape index (κ3) is 3.45. The number of nitrogens with two attached hydrogens (primary N) is 1. The Bertz CT molecular complexity index is 317. The maximum Gasteiger partial charge on any atom is 0.242 e. The Morgan fingerprint density at radius 1 is 1.44 bits per heavy atom. The predicted octanol–water partition coefficient (Wildman–Crippen LogP) is 0.770. The molecule has 5 heteroatoms. The van der Waals surface area contributed by atoms with Crippen LogP contribution in [0.5, 0.6) is 0 Å². The van der Waals surface area contributed by atoms with Gasteiger partial charge < -0.3 is 15.4 Å². The van der Waals surface area contributed by atoms with Gasteiger partial charge in [0.25, 0.3) is 0 Å². The number of likely N-dealkylation sites (N-methyl/N-ethyl adjacent to an activating group) is 1. The molecule has 0 spiro atoms. The van der Waals surface area contributed by atoms with E-state index < -0.39 is 11.9 Å². The number of ether oxygens (including phenoxy) is 1. The molecule has 1 aliphatic rings. The number of amides is 2. The first-order chi connectivity index (χ1) is 8.34. The molecule has 18 heavy (non-hydrogen) atoms. The minimum atomic E-state index is -0.659. The van der Waals surface area contributed by atoms with E-state index in [4.69, 9.17) is 10.5 Å². The Hall–Kier alpha value is -1.10. The Morgan fingerprint density at radius 2 is 2.06 bits per heavy atom. The lowest BCUT2D eigenvalue weighted by atomic mass is 9.95. The molecule has 1 rings (SSSR count). The highest BCUT2D eigenvalue weighted by molar-refractivity contribution is 5.87. The van der Waals surface area contributed by atoms with Crippen molar-refractivity contribution in [2.24, 2.45) is 17.6 Å². The highest BCUT2D eigenvalue weighted by Gasteiger charge is 2.39. The zero-order chi connectivity index (χ0) is 13.9. The molecule has 5 nitrogen and oxygen atoms in total. The lowest BCUT2D eigenvalue weighted by Gasteiger charge is -2.32. The van der Waals surface area contributed by atoms with Crippen molar-refractivity contribution in [2.45, 2.75) is 45.8 Å². The van der Waals surface area contributed by atoms with Gasteiger partial charge in [-0.15, -0.1) is 0 Å². The summed E-state index contributed by atoms with van der Waals surface area (Å²) in [5, 5.41) is 0. The average Bonchev–Trinajstić information content (AvgIpc) is 2.63. The summed E-state index contributed by atoms with van der Waals surface area (Å²) in [6.45, 7) is 6.59. The number of rotatable bonds is 5. The molecular formula is C13H24N2O3. The third-order valence-electron chi connectivity index (χ3n) is 3.44. The van der Waals surface area contributed by atoms with Gasteiger partial charge in [0.15, 0.2) is 0 Å². The van der Waals surface area contributed by atoms with Crippen molar-refractivity contribution in [1.82, 2.24) is 4.90 Å². The number of nitrogens with zero attached hydrogens (tertiary/aromatic N) is 1. The van der Waals surface area contributed by atoms with Crippen LogP contribution in [0, 0.1) is 11.8 Å². The molecule has 1 saturated heterocycles. The summed E-state index contributed by atoms with van der Waals surface area (Å²) in [5.74, 6) is -0.0444. The normalized spacial score (nSPS) is 25.2. The summed E-state index contributed by atoms with van der Waals surface area (Å²) in [5.41, 5.74) is 5.44. The number of carbonyl (C=O) groups excluding carboxylic acids is 2. The number of hydrogen-bond acceptors (Lipinski definition) is 3. The van der Waals surface area contributed by atoms with Crippen molar-refractivity contribution in [2.75, 3.05) is 13.7 Å². The largest absolute Gasteiger partial charge is 0.375 e. The first-order valence-electron chi connectivity index (χ1n) is 6.51. The molecule has 1 fully saturated rings. The van der Waals surface area contributed by atoms with Crippen LogP contribution in [0.2, 0.25) is 0 Å². The van der Waals surface area contributed by atoms with Gasteiger partial charge in [0.1, 0.15) is 6.04 Å². The smallest absolute Gasteiger partial charge is 0.242 e. The van der Waals surface area contributed by atoms with Crippen LogP contribution < -0.4 is 5.73 Å². The Balaban J connectivity index is 2.78. The summed E-state index contributed by atoms with van der Waals surface area (Å²) in [4.78, 5) is 25.1. The maximum absolute atomic E-state index is 12.0. The molecule has 0 bridgehead atoms. The van der Waals surface area contributed by atoms with Crippen molar-refractivity contribution in [3.8, 4) is 0 Å². The van der Waals surface area contributed by atoms with Gasteiger partial charge in [-0.25, -0.2) is 0 Å². The lowest BCUT2D eigenvalue weighted by Crippen LogP contribution is -2.54. The molecule has 104 valence electrons. The van der Waals surface area contributed by atoms with Gasteiger partial charge in [0.2, 0.25) is 11.8 Å². The van der Waals surface area contributed by atoms with Crippen molar-refractivity contribution >= 4 is 11.8 Å². The first kappa shape index (κ1) is 15.0. The van der Waals surface area contributed by atoms with Crippen molar-refractivity contribution in [1.29, 1.82) is 0 Å². The summed E-state index contributed by atoms with van der Waals surface area (Å²) in [6, 6.07) is -0.659. The molecule has 2 amide bonds. The van der Waals surface area contributed by atoms with E-state index in [1.807, 2.05) is 20.8 Å². The van der Waals surface area contributed by atoms with E-state index in [1.54, 1.807) is 7.05 Å². The number of primary amides is 1. The van der Waals surface area contributed by atoms with Crippen LogP contribution in [0.15, 0.2) is 0 Å². The molecule has 0 unspecified atom stereocenters. The Morgan fingerprint density at radius 3 is 2.44 bits per heavy atom. The molecule has 0 saturated carbocycles. The van der Waals surface area contributed by atoms with Gasteiger partial charge in [-0.1, -0.05) is 20.8 Å². The highest BCUT2D eigenvalue weighted by Crippen LogP contribution is 2.25. The second-order valence-electron chi connectivity index (χ2n) is 5.55. The van der Waals surface area contributed by atoms with E-state index in [-0.39, 0.29) is 23.8 Å². The topological polar surface area (TPSA) is 72.6 Å². The second kappa shape index (κ2) is 6.18. The van der Waals surface area contributed by atoms with Gasteiger partial charge in [0, 0.05) is 20.1 Å². The zero-order valence-electron chi connectivity index (χ0n) is 11.7. The van der Waals surface area contributed by atoms with Crippen LogP contribution in [0.25, 0.3) is 0 Å². The summed E-state index contributed by atoms with van der Waals surface area (Å²) < 4.78 is 5.57. The summed E-state index contributed by atoms with van der Waals surface area (Å²) in [7, 11) is 1.63. The molecule has 3 atom stereocenters. The van der Waals surface area contributed by atoms with Crippen molar-refractivity contribution in [3.05, 3.63) is 0 Å². The fraction of sp³-hybridized carbons (Fsp3) is 0.846. The van der Waals surface area contributed by atoms with Crippen LogP contribution >= 0.6 is 0 Å². The standard InChI is InChI=1S/C13H24N2O3/c1-8(2)7-10(16)15(4)11(13(14)17)12-9(3)5-6-18-12/h8-9,11-12H,5-7H2,1-4H3,(H2,14,17)/t9-,11+,12-/m1/s1. The van der Waals surface area contributed by atoms with E-state index in [1.165, 1.54) is 4.90 Å². The van der Waals surface area contributed by atoms with Crippen LogP contribution in [0.1, 0.15) is 33.6 Å². The SMILES string of the molecule is CC(C)CC(=O)N(C)[C@H](C(N)=O)[C@@H]1OCC[C@H]1C. The molecule has 0 aliphatic carbocycles. The highest BCUT2D eigenvalue weighted by atomic mass is 16.5. The molecular weight excluding hydrogens is 232 g/mol. The molecule has 0 aromatic carbocycles. The minimum Gasteiger partial charge on any atom is -0.375 e. The quantitative estimate of drug-likeness (QED) is 0.789. The van der Waals surface area contributed by atoms with E-state index in [2.05, 4.69) is 0 Å². The molecule has 0 radical (unpaired) electrons. The van der Waals surface area contributed by atoms with E-state index >= 15 is 0 Å². The van der Waals surface area contributed by atoms with Crippen LogP contribution in [-0.2, 0) is 14.3 Å². The fourth-order valence-corrected chi connectivity index (χ4v) is 2.34. The van der Waals surface area contributed by atoms with Gasteiger partial charge >= 0.3 is 0 Å². The lowest BCUT2D eigenvalue weighted by molar-refractivity contribution is -0.143. The molecule has 1 aliphatic heterocycles. The Labute approximate surface area is 109 Å². The van der Waals surface area contributed by atoms with Crippen LogP contribution in [-0.4, -0.2) is 42.5 Å². The van der Waals surface area contributed by atoms with E-state index in [0.717, 1.165) is 6.42 Å². The van der Waals surface area contributed by atoms with E-state index in [0.29, 0.717) is 13.0 Å². The fourth-order valence-electron chi connectivity index (χ4n) is 2.34. The Kier molecular flexibility index (Phi) is 5.14. The van der Waals surface area contributed by atoms with E-state index in [9.17, 15) is 9.59 Å². The first-order valence-corrected chi connectivity index (χ1v) is 6.51. The zero-order valence-corrected chi connectivity index (χ0v) is 11.7. The maximum atomic E-state index is 12.0. The van der Waals surface area contributed by atoms with Gasteiger partial charge in [-0.2, -0.15) is 0 Å². The minimum absolute atomic E-state index is 0.0588. The molecule has 1 heterocycles. The van der Waals surface area contributed by atoms with Crippen LogP contribution in [0.4, 0.5) is 0 Å². The number of hydrogen-bond donors (Lipinski definition) is 1. The molecule has 0 aromatic rings. The van der Waals surface area contributed by atoms with Gasteiger partial charge in [-0.3, -0.25) is 9.59 Å². The summed E-state index contributed by atoms with van der Waals surface area (Å²) >= 11 is 0. The molecule has 2 N–H and O–H groups in total. The summed E-state index contributed by atoms with van der Waals surface area (Å²) in [6.07, 6.45) is 1.05. The van der Waals surface area contributed by atoms with Gasteiger partial charge in [0.05, 0.1) is 6.10 Å². The third-order valence-corrected chi connectivity index (χ3v) is 3.44. The monoisotopic (exact) mass is 256 g/mol. The molecule has 0 aromatic heterocycles. The average molecular weight is 256 g/mol. The second-order valence-corrected chi connectivity index (χ2v) is 5.55.